The quantitative estimate of drug-likeness (QED) is 0.112. The van der Waals surface area contributed by atoms with Crippen LogP contribution < -0.4 is 9.84 Å². The van der Waals surface area contributed by atoms with Crippen molar-refractivity contribution >= 4 is 39.4 Å². The van der Waals surface area contributed by atoms with Crippen LogP contribution in [0.5, 0.6) is 5.75 Å². The van der Waals surface area contributed by atoms with E-state index >= 15 is 8.78 Å². The molecule has 0 saturated heterocycles. The Morgan fingerprint density at radius 2 is 1.70 bits per heavy atom. The maximum atomic E-state index is 15.6. The Labute approximate surface area is 300 Å². The molecule has 0 aliphatic rings. The van der Waals surface area contributed by atoms with Crippen LogP contribution in [0.15, 0.2) is 70.8 Å². The van der Waals surface area contributed by atoms with Gasteiger partial charge in [-0.25, -0.2) is 26.6 Å². The Bertz CT molecular complexity index is 1940. The Balaban J connectivity index is 1.70. The summed E-state index contributed by atoms with van der Waals surface area (Å²) in [5, 5.41) is 12.5. The minimum Gasteiger partial charge on any atom is -0.548 e. The molecular formula is C35H40ClF3N4O5S2. The van der Waals surface area contributed by atoms with Gasteiger partial charge in [0.15, 0.2) is 5.16 Å². The van der Waals surface area contributed by atoms with Gasteiger partial charge in [-0.05, 0) is 61.0 Å². The van der Waals surface area contributed by atoms with E-state index in [9.17, 15) is 22.7 Å². The number of sulfonamides is 1. The number of benzene rings is 3. The van der Waals surface area contributed by atoms with Crippen molar-refractivity contribution in [2.75, 3.05) is 41.3 Å². The van der Waals surface area contributed by atoms with Gasteiger partial charge in [0.05, 0.1) is 68.6 Å². The molecule has 0 bridgehead atoms. The summed E-state index contributed by atoms with van der Waals surface area (Å²) in [6.45, 7) is 5.38. The zero-order valence-corrected chi connectivity index (χ0v) is 31.2. The SMILES string of the molecule is COc1cc(C(C)(C)c2cnc(SCc3c(F)cc(S(=O)(=O)N(CCC[N+](C)(C)C)[C@@H](C)C(=O)[O-])cc3F)n2-c2ccc(F)cc2)ccc1Cl. The van der Waals surface area contributed by atoms with Crippen LogP contribution in [0, 0.1) is 17.5 Å². The zero-order chi connectivity index (χ0) is 37.2. The van der Waals surface area contributed by atoms with Gasteiger partial charge in [0.1, 0.15) is 23.2 Å². The summed E-state index contributed by atoms with van der Waals surface area (Å²) in [7, 11) is 2.56. The van der Waals surface area contributed by atoms with E-state index in [1.165, 1.54) is 19.2 Å². The summed E-state index contributed by atoms with van der Waals surface area (Å²) in [5.41, 5.74) is 0.920. The fourth-order valence-corrected chi connectivity index (χ4v) is 8.24. The highest BCUT2D eigenvalue weighted by atomic mass is 35.5. The Kier molecular flexibility index (Phi) is 12.0. The number of carbonyl (C=O) groups is 1. The van der Waals surface area contributed by atoms with Gasteiger partial charge in [-0.1, -0.05) is 43.3 Å². The molecule has 0 unspecified atom stereocenters. The fraction of sp³-hybridized carbons (Fsp3) is 0.371. The molecule has 0 aliphatic heterocycles. The molecule has 0 aliphatic carbocycles. The van der Waals surface area contributed by atoms with Gasteiger partial charge in [0, 0.05) is 35.4 Å². The lowest BCUT2D eigenvalue weighted by molar-refractivity contribution is -0.870. The molecule has 4 aromatic rings. The van der Waals surface area contributed by atoms with Gasteiger partial charge >= 0.3 is 0 Å². The van der Waals surface area contributed by atoms with Gasteiger partial charge in [-0.3, -0.25) is 4.57 Å². The van der Waals surface area contributed by atoms with Crippen molar-refractivity contribution in [1.29, 1.82) is 0 Å². The van der Waals surface area contributed by atoms with Crippen molar-refractivity contribution in [2.45, 2.75) is 54.5 Å². The third-order valence-corrected chi connectivity index (χ3v) is 11.6. The molecule has 1 heterocycles. The number of thioether (sulfide) groups is 1. The monoisotopic (exact) mass is 752 g/mol. The number of carboxylic acid groups (broad SMARTS) is 1. The number of halogens is 4. The zero-order valence-electron chi connectivity index (χ0n) is 28.8. The second kappa shape index (κ2) is 15.4. The second-order valence-corrected chi connectivity index (χ2v) is 16.6. The summed E-state index contributed by atoms with van der Waals surface area (Å²) in [4.78, 5) is 15.6. The number of ether oxygens (including phenoxy) is 1. The molecule has 1 aromatic heterocycles. The molecule has 0 amide bonds. The molecule has 1 atom stereocenters. The van der Waals surface area contributed by atoms with Crippen LogP contribution in [0.2, 0.25) is 5.02 Å². The minimum absolute atomic E-state index is 0.193. The van der Waals surface area contributed by atoms with Crippen molar-refractivity contribution in [1.82, 2.24) is 13.9 Å². The molecule has 0 radical (unpaired) electrons. The summed E-state index contributed by atoms with van der Waals surface area (Å²) >= 11 is 7.27. The average molecular weight is 753 g/mol. The molecular weight excluding hydrogens is 713 g/mol. The van der Waals surface area contributed by atoms with Crippen molar-refractivity contribution in [3.63, 3.8) is 0 Å². The van der Waals surface area contributed by atoms with Crippen LogP contribution in [-0.4, -0.2) is 80.1 Å². The van der Waals surface area contributed by atoms with E-state index in [1.54, 1.807) is 35.0 Å². The van der Waals surface area contributed by atoms with Crippen LogP contribution in [0.3, 0.4) is 0 Å². The number of rotatable bonds is 15. The van der Waals surface area contributed by atoms with Crippen LogP contribution in [0.25, 0.3) is 5.69 Å². The number of methoxy groups -OCH3 is 1. The minimum atomic E-state index is -4.63. The summed E-state index contributed by atoms with van der Waals surface area (Å²) in [6, 6.07) is 10.9. The number of carbonyl (C=O) groups excluding carboxylic acids is 1. The normalized spacial score (nSPS) is 13.1. The fourth-order valence-electron chi connectivity index (χ4n) is 5.39. The number of aromatic nitrogens is 2. The van der Waals surface area contributed by atoms with E-state index in [0.29, 0.717) is 61.2 Å². The first kappa shape index (κ1) is 39.2. The lowest BCUT2D eigenvalue weighted by Crippen LogP contribution is -2.50. The van der Waals surface area contributed by atoms with E-state index < -0.39 is 55.4 Å². The third kappa shape index (κ3) is 8.65. The van der Waals surface area contributed by atoms with Gasteiger partial charge in [0.25, 0.3) is 0 Å². The lowest BCUT2D eigenvalue weighted by atomic mass is 9.81. The van der Waals surface area contributed by atoms with Crippen molar-refractivity contribution in [2.24, 2.45) is 0 Å². The topological polar surface area (TPSA) is 105 Å². The summed E-state index contributed by atoms with van der Waals surface area (Å²) in [6.07, 6.45) is 1.92. The molecule has 0 saturated carbocycles. The number of nitrogens with zero attached hydrogens (tertiary/aromatic N) is 4. The first-order valence-electron chi connectivity index (χ1n) is 15.6. The van der Waals surface area contributed by atoms with E-state index in [4.69, 9.17) is 16.3 Å². The van der Waals surface area contributed by atoms with E-state index in [1.807, 2.05) is 41.1 Å². The highest BCUT2D eigenvalue weighted by Gasteiger charge is 2.33. The first-order chi connectivity index (χ1) is 23.3. The highest BCUT2D eigenvalue weighted by molar-refractivity contribution is 7.98. The largest absolute Gasteiger partial charge is 0.548 e. The highest BCUT2D eigenvalue weighted by Crippen LogP contribution is 2.39. The van der Waals surface area contributed by atoms with Crippen LogP contribution in [-0.2, 0) is 26.0 Å². The Hall–Kier alpha value is -3.56. The summed E-state index contributed by atoms with van der Waals surface area (Å²) < 4.78 is 80.6. The predicted molar refractivity (Wildman–Crippen MR) is 185 cm³/mol. The molecule has 9 nitrogen and oxygen atoms in total. The molecule has 0 N–H and O–H groups in total. The number of imidazole rings is 1. The third-order valence-electron chi connectivity index (χ3n) is 8.37. The lowest BCUT2D eigenvalue weighted by Gasteiger charge is -2.31. The van der Waals surface area contributed by atoms with E-state index in [-0.39, 0.29) is 12.3 Å². The average Bonchev–Trinajstić information content (AvgIpc) is 3.47. The van der Waals surface area contributed by atoms with Crippen LogP contribution >= 0.6 is 23.4 Å². The molecule has 0 spiro atoms. The molecule has 4 rings (SSSR count). The Morgan fingerprint density at radius 1 is 1.08 bits per heavy atom. The van der Waals surface area contributed by atoms with Crippen molar-refractivity contribution in [3.05, 3.63) is 100 Å². The number of hydrogen-bond acceptors (Lipinski definition) is 7. The number of hydrogen-bond donors (Lipinski definition) is 0. The first-order valence-corrected chi connectivity index (χ1v) is 18.4. The maximum absolute atomic E-state index is 15.6. The maximum Gasteiger partial charge on any atom is 0.243 e. The van der Waals surface area contributed by atoms with Gasteiger partial charge in [-0.2, -0.15) is 4.31 Å². The van der Waals surface area contributed by atoms with Crippen molar-refractivity contribution in [3.8, 4) is 11.4 Å². The molecule has 15 heteroatoms. The van der Waals surface area contributed by atoms with E-state index in [2.05, 4.69) is 4.98 Å². The predicted octanol–water partition coefficient (Wildman–Crippen LogP) is 5.80. The number of aliphatic carboxylic acids is 1. The molecule has 0 fully saturated rings. The van der Waals surface area contributed by atoms with Gasteiger partial charge in [0.2, 0.25) is 10.0 Å². The molecule has 3 aromatic carbocycles. The van der Waals surface area contributed by atoms with Crippen molar-refractivity contribution < 1.29 is 40.7 Å². The number of quaternary nitrogens is 1. The smallest absolute Gasteiger partial charge is 0.243 e. The number of carboxylic acids is 1. The molecule has 50 heavy (non-hydrogen) atoms. The van der Waals surface area contributed by atoms with Crippen LogP contribution in [0.1, 0.15) is 44.0 Å². The van der Waals surface area contributed by atoms with Gasteiger partial charge < -0.3 is 19.1 Å². The van der Waals surface area contributed by atoms with Crippen LogP contribution in [0.4, 0.5) is 13.2 Å². The van der Waals surface area contributed by atoms with Gasteiger partial charge in [-0.15, -0.1) is 0 Å². The van der Waals surface area contributed by atoms with E-state index in [0.717, 1.165) is 24.2 Å². The standard InChI is InChI=1S/C35H40ClF3N4O5S2/c1-22(33(44)45)41(15-8-16-43(4,5)6)50(46,47)26-18-29(38)27(30(39)19-26)21-49-34-40-20-32(42(34)25-12-10-24(37)11-13-25)35(2,3)23-9-14-28(36)31(17-23)48-7/h9-14,17-20,22H,8,15-16,21H2,1-7H3/t22-/m0/s1. The molecule has 270 valence electrons. The second-order valence-electron chi connectivity index (χ2n) is 13.3. The Morgan fingerprint density at radius 3 is 2.26 bits per heavy atom. The summed E-state index contributed by atoms with van der Waals surface area (Å²) in [5.74, 6) is -4.16.